The first-order valence-corrected chi connectivity index (χ1v) is 16.6. The summed E-state index contributed by atoms with van der Waals surface area (Å²) in [6.07, 6.45) is -17.4. The molecule has 2 aliphatic carbocycles. The maximum absolute atomic E-state index is 13.8. The zero-order valence-electron chi connectivity index (χ0n) is 24.2. The van der Waals surface area contributed by atoms with E-state index in [4.69, 9.17) is 0 Å². The summed E-state index contributed by atoms with van der Waals surface area (Å²) in [5.41, 5.74) is -3.95. The Balaban J connectivity index is 0.00000270. The smallest absolute Gasteiger partial charge is 1.00 e. The fourth-order valence-electron chi connectivity index (χ4n) is 5.92. The minimum absolute atomic E-state index is 0. The van der Waals surface area contributed by atoms with Crippen LogP contribution in [0.4, 0.5) is 52.7 Å². The Kier molecular flexibility index (Phi) is 10.8. The molecule has 15 heteroatoms. The number of benzene rings is 4. The maximum atomic E-state index is 13.8. The molecule has 0 aliphatic heterocycles. The summed E-state index contributed by atoms with van der Waals surface area (Å²) in [7, 11) is 0. The van der Waals surface area contributed by atoms with Crippen LogP contribution in [0.25, 0.3) is 23.3 Å². The molecule has 0 N–H and O–H groups in total. The Bertz CT molecular complexity index is 1730. The molecule has 256 valence electrons. The monoisotopic (exact) mass is 814 g/mol. The molecule has 0 spiro atoms. The molecule has 4 aromatic rings. The fraction of sp³-hybridized carbons (Fsp3) is 0.176. The largest absolute Gasteiger partial charge is 1.00 e. The van der Waals surface area contributed by atoms with E-state index in [0.717, 1.165) is 0 Å². The van der Waals surface area contributed by atoms with Crippen LogP contribution in [0.3, 0.4) is 0 Å². The van der Waals surface area contributed by atoms with Crippen LogP contribution in [-0.2, 0) is 47.9 Å². The van der Waals surface area contributed by atoms with Crippen LogP contribution in [-0.4, -0.2) is 0 Å². The molecule has 0 heterocycles. The van der Waals surface area contributed by atoms with Crippen molar-refractivity contribution in [3.05, 3.63) is 141 Å². The molecule has 0 saturated carbocycles. The van der Waals surface area contributed by atoms with Gasteiger partial charge < -0.3 is 24.8 Å². The van der Waals surface area contributed by atoms with Crippen molar-refractivity contribution in [2.45, 2.75) is 32.0 Å². The molecular weight excluding hydrogens is 798 g/mol. The topological polar surface area (TPSA) is 0 Å². The zero-order chi connectivity index (χ0) is 34.1. The Hall–Kier alpha value is -3.02. The Morgan fingerprint density at radius 1 is 0.408 bits per heavy atom. The van der Waals surface area contributed by atoms with Crippen molar-refractivity contribution in [2.24, 2.45) is 0 Å². The number of alkyl halides is 12. The summed E-state index contributed by atoms with van der Waals surface area (Å²) in [4.78, 5) is 0. The van der Waals surface area contributed by atoms with E-state index < -0.39 is 77.4 Å². The van der Waals surface area contributed by atoms with Gasteiger partial charge in [-0.05, 0) is 0 Å². The number of fused-ring (bicyclic) bond motifs is 2. The second-order valence-electron chi connectivity index (χ2n) is 11.1. The van der Waals surface area contributed by atoms with E-state index in [1.807, 2.05) is 0 Å². The second-order valence-corrected chi connectivity index (χ2v) is 14.7. The van der Waals surface area contributed by atoms with Crippen LogP contribution in [0.15, 0.2) is 84.9 Å². The van der Waals surface area contributed by atoms with Crippen molar-refractivity contribution in [1.82, 2.24) is 0 Å². The van der Waals surface area contributed by atoms with E-state index in [2.05, 4.69) is 0 Å². The van der Waals surface area contributed by atoms with Crippen molar-refractivity contribution in [3.63, 3.8) is 0 Å². The van der Waals surface area contributed by atoms with E-state index >= 15 is 0 Å². The van der Waals surface area contributed by atoms with Crippen LogP contribution < -0.4 is 24.8 Å². The summed E-state index contributed by atoms with van der Waals surface area (Å²) >= 11 is -2.29. The number of halogens is 14. The summed E-state index contributed by atoms with van der Waals surface area (Å²) in [6, 6.07) is 15.9. The van der Waals surface area contributed by atoms with Crippen LogP contribution >= 0.6 is 0 Å². The minimum atomic E-state index is -5.10. The van der Waals surface area contributed by atoms with Gasteiger partial charge in [-0.25, -0.2) is 0 Å². The third-order valence-corrected chi connectivity index (χ3v) is 12.7. The number of hydrogen-bond acceptors (Lipinski definition) is 0. The number of hydrogen-bond donors (Lipinski definition) is 0. The van der Waals surface area contributed by atoms with E-state index in [9.17, 15) is 52.7 Å². The molecule has 4 aromatic carbocycles. The molecule has 0 aromatic heterocycles. The minimum Gasteiger partial charge on any atom is -1.00 e. The first-order valence-electron chi connectivity index (χ1n) is 13.8. The summed E-state index contributed by atoms with van der Waals surface area (Å²) in [5, 5.41) is 0. The fourth-order valence-corrected chi connectivity index (χ4v) is 11.0. The molecule has 0 fully saturated rings. The van der Waals surface area contributed by atoms with Crippen LogP contribution in [0.2, 0.25) is 0 Å². The summed E-state index contributed by atoms with van der Waals surface area (Å²) < 4.78 is 164. The third kappa shape index (κ3) is 7.84. The molecule has 2 unspecified atom stereocenters. The van der Waals surface area contributed by atoms with Gasteiger partial charge in [0.1, 0.15) is 0 Å². The standard InChI is InChI=1S/2C17H9F6.2ClH.Zr/c2*18-16(19,20)14-7-13(8-15(9-14)17(21,22)23)12-5-10-3-1-2-4-11(10)6-12;;;/h2*1-9H;2*1H;/q;;;;+2/p-2. The Morgan fingerprint density at radius 3 is 0.980 bits per heavy atom. The first-order chi connectivity index (χ1) is 21.8. The van der Waals surface area contributed by atoms with E-state index in [1.165, 1.54) is 12.2 Å². The second kappa shape index (κ2) is 13.6. The quantitative estimate of drug-likeness (QED) is 0.231. The van der Waals surface area contributed by atoms with Crippen molar-refractivity contribution < 1.29 is 101 Å². The van der Waals surface area contributed by atoms with E-state index in [1.54, 1.807) is 48.5 Å². The van der Waals surface area contributed by atoms with Crippen LogP contribution in [0, 0.1) is 0 Å². The van der Waals surface area contributed by atoms with Gasteiger partial charge in [0.15, 0.2) is 0 Å². The molecule has 2 aliphatic rings. The molecule has 0 nitrogen and oxygen atoms in total. The molecule has 0 radical (unpaired) electrons. The average Bonchev–Trinajstić information content (AvgIpc) is 3.54. The first kappa shape index (κ1) is 38.8. The van der Waals surface area contributed by atoms with E-state index in [0.29, 0.717) is 46.5 Å². The average molecular weight is 817 g/mol. The molecule has 6 rings (SSSR count). The van der Waals surface area contributed by atoms with Gasteiger partial charge in [-0.15, -0.1) is 0 Å². The molecule has 49 heavy (non-hydrogen) atoms. The number of rotatable bonds is 4. The molecule has 0 amide bonds. The van der Waals surface area contributed by atoms with Crippen LogP contribution in [0.5, 0.6) is 0 Å². The number of allylic oxidation sites excluding steroid dienone is 2. The molecule has 0 saturated heterocycles. The van der Waals surface area contributed by atoms with Crippen molar-refractivity contribution in [2.75, 3.05) is 0 Å². The normalized spacial score (nSPS) is 17.2. The zero-order valence-corrected chi connectivity index (χ0v) is 28.2. The van der Waals surface area contributed by atoms with Crippen molar-refractivity contribution in [1.29, 1.82) is 0 Å². The Morgan fingerprint density at radius 2 is 0.694 bits per heavy atom. The Labute approximate surface area is 295 Å². The molecule has 0 bridgehead atoms. The van der Waals surface area contributed by atoms with Gasteiger partial charge in [0.25, 0.3) is 0 Å². The SMILES string of the molecule is FC(F)(F)c1cc(C2=Cc3ccccc3[CH]2[Zr+2][CH]2C(c3cc(C(F)(F)F)cc(C(F)(F)F)c3)=Cc3ccccc32)cc(C(F)(F)F)c1.[Cl-].[Cl-]. The van der Waals surface area contributed by atoms with Gasteiger partial charge in [-0.2, -0.15) is 0 Å². The van der Waals surface area contributed by atoms with Crippen molar-refractivity contribution >= 4 is 23.3 Å². The van der Waals surface area contributed by atoms with Gasteiger partial charge in [0, 0.05) is 0 Å². The third-order valence-electron chi connectivity index (χ3n) is 8.03. The summed E-state index contributed by atoms with van der Waals surface area (Å²) in [6.45, 7) is 0. The predicted octanol–water partition coefficient (Wildman–Crippen LogP) is 5.74. The summed E-state index contributed by atoms with van der Waals surface area (Å²) in [5.74, 6) is 0. The van der Waals surface area contributed by atoms with Gasteiger partial charge in [-0.1, -0.05) is 0 Å². The van der Waals surface area contributed by atoms with Gasteiger partial charge >= 0.3 is 272 Å². The predicted molar refractivity (Wildman–Crippen MR) is 147 cm³/mol. The molecule has 2 atom stereocenters. The van der Waals surface area contributed by atoms with E-state index in [-0.39, 0.29) is 59.2 Å². The van der Waals surface area contributed by atoms with Crippen LogP contribution in [0.1, 0.15) is 62.9 Å². The maximum Gasteiger partial charge on any atom is -1.00 e. The van der Waals surface area contributed by atoms with Crippen molar-refractivity contribution in [3.8, 4) is 0 Å². The van der Waals surface area contributed by atoms with Gasteiger partial charge in [-0.3, -0.25) is 0 Å². The van der Waals surface area contributed by atoms with Gasteiger partial charge in [0.2, 0.25) is 0 Å². The van der Waals surface area contributed by atoms with Gasteiger partial charge in [0.05, 0.1) is 0 Å². The molecular formula is C34H18Cl2F12Zr.